The average molecular weight is 204 g/mol. The molecule has 0 atom stereocenters. The summed E-state index contributed by atoms with van der Waals surface area (Å²) in [6, 6.07) is 9.77. The maximum Gasteiger partial charge on any atom is 0.248 e. The molecule has 0 N–H and O–H groups in total. The van der Waals surface area contributed by atoms with Gasteiger partial charge < -0.3 is 0 Å². The lowest BCUT2D eigenvalue weighted by atomic mass is 10.1. The number of hydrogen-bond donors (Lipinski definition) is 0. The Labute approximate surface area is 90.4 Å². The van der Waals surface area contributed by atoms with Crippen molar-refractivity contribution in [3.05, 3.63) is 35.9 Å². The molecule has 0 saturated carbocycles. The largest absolute Gasteiger partial charge is 0.273 e. The molecule has 0 bridgehead atoms. The standard InChI is InChI=1S/C10H10N2O.C2H6/c1-12-10(13)7-9(11-12)8-5-3-2-4-6-8;1-2/h2-6H,7H2,1H3;1-2H3. The van der Waals surface area contributed by atoms with Gasteiger partial charge in [0.1, 0.15) is 0 Å². The summed E-state index contributed by atoms with van der Waals surface area (Å²) >= 11 is 0. The van der Waals surface area contributed by atoms with Crippen molar-refractivity contribution >= 4 is 11.6 Å². The zero-order valence-electron chi connectivity index (χ0n) is 9.40. The molecular weight excluding hydrogens is 188 g/mol. The van der Waals surface area contributed by atoms with Gasteiger partial charge in [-0.3, -0.25) is 4.79 Å². The lowest BCUT2D eigenvalue weighted by molar-refractivity contribution is -0.127. The van der Waals surface area contributed by atoms with Gasteiger partial charge in [-0.25, -0.2) is 5.01 Å². The molecule has 1 aliphatic rings. The zero-order valence-corrected chi connectivity index (χ0v) is 9.40. The third-order valence-corrected chi connectivity index (χ3v) is 2.06. The third-order valence-electron chi connectivity index (χ3n) is 2.06. The fourth-order valence-electron chi connectivity index (χ4n) is 1.32. The van der Waals surface area contributed by atoms with Gasteiger partial charge in [0, 0.05) is 7.05 Å². The number of rotatable bonds is 1. The van der Waals surface area contributed by atoms with Crippen molar-refractivity contribution in [3.63, 3.8) is 0 Å². The van der Waals surface area contributed by atoms with E-state index in [1.54, 1.807) is 7.05 Å². The maximum absolute atomic E-state index is 11.2. The molecule has 0 fully saturated rings. The van der Waals surface area contributed by atoms with Crippen molar-refractivity contribution in [1.82, 2.24) is 5.01 Å². The number of carbonyl (C=O) groups excluding carboxylic acids is 1. The lowest BCUT2D eigenvalue weighted by Gasteiger charge is -1.99. The Balaban J connectivity index is 0.000000531. The molecule has 0 spiro atoms. The van der Waals surface area contributed by atoms with Crippen molar-refractivity contribution in [2.45, 2.75) is 20.3 Å². The van der Waals surface area contributed by atoms with Crippen molar-refractivity contribution in [1.29, 1.82) is 0 Å². The minimum Gasteiger partial charge on any atom is -0.273 e. The Morgan fingerprint density at radius 2 is 1.80 bits per heavy atom. The van der Waals surface area contributed by atoms with Crippen LogP contribution in [-0.2, 0) is 4.79 Å². The predicted octanol–water partition coefficient (Wildman–Crippen LogP) is 2.28. The fourth-order valence-corrected chi connectivity index (χ4v) is 1.32. The van der Waals surface area contributed by atoms with Crippen LogP contribution in [0.5, 0.6) is 0 Å². The summed E-state index contributed by atoms with van der Waals surface area (Å²) in [6.07, 6.45) is 0.417. The van der Waals surface area contributed by atoms with Gasteiger partial charge in [-0.2, -0.15) is 5.10 Å². The maximum atomic E-state index is 11.2. The van der Waals surface area contributed by atoms with Gasteiger partial charge in [-0.05, 0) is 5.56 Å². The van der Waals surface area contributed by atoms with Crippen molar-refractivity contribution in [2.24, 2.45) is 5.10 Å². The van der Waals surface area contributed by atoms with E-state index in [0.717, 1.165) is 11.3 Å². The molecule has 0 saturated heterocycles. The van der Waals surface area contributed by atoms with Gasteiger partial charge in [0.2, 0.25) is 5.91 Å². The van der Waals surface area contributed by atoms with E-state index in [0.29, 0.717) is 6.42 Å². The second-order valence-corrected chi connectivity index (χ2v) is 3.01. The summed E-state index contributed by atoms with van der Waals surface area (Å²) < 4.78 is 0. The van der Waals surface area contributed by atoms with E-state index < -0.39 is 0 Å². The zero-order chi connectivity index (χ0) is 11.3. The van der Waals surface area contributed by atoms with E-state index in [1.165, 1.54) is 5.01 Å². The highest BCUT2D eigenvalue weighted by Crippen LogP contribution is 2.12. The first-order valence-corrected chi connectivity index (χ1v) is 5.17. The quantitative estimate of drug-likeness (QED) is 0.690. The highest BCUT2D eigenvalue weighted by atomic mass is 16.2. The molecule has 1 aromatic carbocycles. The van der Waals surface area contributed by atoms with E-state index in [9.17, 15) is 4.79 Å². The van der Waals surface area contributed by atoms with Crippen LogP contribution in [0.4, 0.5) is 0 Å². The van der Waals surface area contributed by atoms with Crippen molar-refractivity contribution in [2.75, 3.05) is 7.05 Å². The van der Waals surface area contributed by atoms with E-state index in [-0.39, 0.29) is 5.91 Å². The summed E-state index contributed by atoms with van der Waals surface area (Å²) in [4.78, 5) is 11.2. The van der Waals surface area contributed by atoms with Crippen LogP contribution in [-0.4, -0.2) is 23.7 Å². The summed E-state index contributed by atoms with van der Waals surface area (Å²) in [7, 11) is 1.68. The van der Waals surface area contributed by atoms with Gasteiger partial charge in [-0.1, -0.05) is 44.2 Å². The van der Waals surface area contributed by atoms with E-state index in [2.05, 4.69) is 5.10 Å². The van der Waals surface area contributed by atoms with Gasteiger partial charge in [-0.15, -0.1) is 0 Å². The van der Waals surface area contributed by atoms with Crippen LogP contribution < -0.4 is 0 Å². The molecule has 2 rings (SSSR count). The third kappa shape index (κ3) is 2.65. The summed E-state index contributed by atoms with van der Waals surface area (Å²) in [5, 5.41) is 5.53. The van der Waals surface area contributed by atoms with Crippen LogP contribution in [0.3, 0.4) is 0 Å². The second kappa shape index (κ2) is 5.29. The Morgan fingerprint density at radius 1 is 1.20 bits per heavy atom. The first-order valence-electron chi connectivity index (χ1n) is 5.17. The molecule has 0 unspecified atom stereocenters. The molecule has 1 amide bonds. The Bertz CT molecular complexity index is 357. The summed E-state index contributed by atoms with van der Waals surface area (Å²) in [5.41, 5.74) is 1.88. The highest BCUT2D eigenvalue weighted by molar-refractivity contribution is 6.13. The topological polar surface area (TPSA) is 32.7 Å². The van der Waals surface area contributed by atoms with Crippen molar-refractivity contribution < 1.29 is 4.79 Å². The Hall–Kier alpha value is -1.64. The Morgan fingerprint density at radius 3 is 2.27 bits per heavy atom. The van der Waals surface area contributed by atoms with E-state index in [4.69, 9.17) is 0 Å². The van der Waals surface area contributed by atoms with Crippen LogP contribution in [0.25, 0.3) is 0 Å². The van der Waals surface area contributed by atoms with E-state index in [1.807, 2.05) is 44.2 Å². The molecule has 0 aromatic heterocycles. The molecule has 3 nitrogen and oxygen atoms in total. The SMILES string of the molecule is CC.CN1N=C(c2ccccc2)CC1=O. The molecule has 3 heteroatoms. The number of hydrazone groups is 1. The molecule has 1 aromatic rings. The van der Waals surface area contributed by atoms with Gasteiger partial charge >= 0.3 is 0 Å². The molecule has 0 aliphatic carbocycles. The number of carbonyl (C=O) groups is 1. The second-order valence-electron chi connectivity index (χ2n) is 3.01. The van der Waals surface area contributed by atoms with Gasteiger partial charge in [0.05, 0.1) is 12.1 Å². The van der Waals surface area contributed by atoms with Crippen LogP contribution in [0.15, 0.2) is 35.4 Å². The van der Waals surface area contributed by atoms with Gasteiger partial charge in [0.15, 0.2) is 0 Å². The smallest absolute Gasteiger partial charge is 0.248 e. The number of hydrogen-bond acceptors (Lipinski definition) is 2. The molecular formula is C12H16N2O. The molecule has 80 valence electrons. The van der Waals surface area contributed by atoms with Crippen molar-refractivity contribution in [3.8, 4) is 0 Å². The average Bonchev–Trinajstić information content (AvgIpc) is 2.63. The monoisotopic (exact) mass is 204 g/mol. The number of amides is 1. The number of nitrogens with zero attached hydrogens (tertiary/aromatic N) is 2. The lowest BCUT2D eigenvalue weighted by Crippen LogP contribution is -2.14. The van der Waals surface area contributed by atoms with E-state index >= 15 is 0 Å². The molecule has 0 radical (unpaired) electrons. The minimum atomic E-state index is 0.0545. The van der Waals surface area contributed by atoms with Crippen LogP contribution >= 0.6 is 0 Å². The Kier molecular flexibility index (Phi) is 4.03. The minimum absolute atomic E-state index is 0.0545. The highest BCUT2D eigenvalue weighted by Gasteiger charge is 2.20. The fraction of sp³-hybridized carbons (Fsp3) is 0.333. The summed E-state index contributed by atoms with van der Waals surface area (Å²) in [5.74, 6) is 0.0545. The molecule has 1 aliphatic heterocycles. The number of benzene rings is 1. The van der Waals surface area contributed by atoms with Crippen LogP contribution in [0, 0.1) is 0 Å². The molecule has 15 heavy (non-hydrogen) atoms. The van der Waals surface area contributed by atoms with Crippen LogP contribution in [0.2, 0.25) is 0 Å². The first-order chi connectivity index (χ1) is 7.27. The van der Waals surface area contributed by atoms with Crippen LogP contribution in [0.1, 0.15) is 25.8 Å². The summed E-state index contributed by atoms with van der Waals surface area (Å²) in [6.45, 7) is 4.00. The van der Waals surface area contributed by atoms with Gasteiger partial charge in [0.25, 0.3) is 0 Å². The predicted molar refractivity (Wildman–Crippen MR) is 61.7 cm³/mol. The first kappa shape index (κ1) is 11.4. The molecule has 1 heterocycles. The normalized spacial score (nSPS) is 14.5.